The first kappa shape index (κ1) is 50.0. The molecule has 0 unspecified atom stereocenters. The molecule has 3 aromatic heterocycles. The van der Waals surface area contributed by atoms with Crippen LogP contribution in [0.5, 0.6) is 0 Å². The van der Waals surface area contributed by atoms with Crippen LogP contribution in [0, 0.1) is 0 Å². The molecule has 0 aliphatic carbocycles. The molecule has 0 aliphatic heterocycles. The van der Waals surface area contributed by atoms with Crippen LogP contribution in [0.15, 0.2) is 291 Å². The zero-order valence-electron chi connectivity index (χ0n) is 45.1. The van der Waals surface area contributed by atoms with E-state index in [2.05, 4.69) is 130 Å². The van der Waals surface area contributed by atoms with Gasteiger partial charge in [0, 0.05) is 49.5 Å². The minimum Gasteiger partial charge on any atom is -0.309 e. The summed E-state index contributed by atoms with van der Waals surface area (Å²) < 4.78 is 51.4. The Morgan fingerprint density at radius 1 is 0.250 bits per heavy atom. The summed E-state index contributed by atoms with van der Waals surface area (Å²) >= 11 is 0. The first-order valence-electron chi connectivity index (χ1n) is 27.9. The van der Waals surface area contributed by atoms with Gasteiger partial charge in [0.15, 0.2) is 17.5 Å². The van der Waals surface area contributed by atoms with Crippen molar-refractivity contribution in [2.24, 2.45) is 0 Å². The third-order valence-electron chi connectivity index (χ3n) is 16.0. The molecule has 15 aromatic rings. The van der Waals surface area contributed by atoms with Gasteiger partial charge in [0.1, 0.15) is 0 Å². The van der Waals surface area contributed by atoms with Crippen molar-refractivity contribution in [3.05, 3.63) is 297 Å². The lowest BCUT2D eigenvalue weighted by atomic mass is 9.94. The van der Waals surface area contributed by atoms with Crippen molar-refractivity contribution in [2.75, 3.05) is 0 Å². The SMILES string of the molecule is FC(F)(F)c1ccc(-n2c3ccc(-c4ccccc4)cc3c3cc(-c4ccccc4)ccc32)c(-c2cc(-n3c4ccc(-c5ccccc5)cc4c4cc(-c5ccccc5)ccc43)ccc2-c2nc(-c3ccccc3)nc(-c3ccccc3)n2)c1. The first-order valence-corrected chi connectivity index (χ1v) is 27.9. The van der Waals surface area contributed by atoms with E-state index in [0.717, 1.165) is 105 Å². The molecular formula is C76H48F3N5. The van der Waals surface area contributed by atoms with E-state index in [9.17, 15) is 0 Å². The van der Waals surface area contributed by atoms with Crippen molar-refractivity contribution in [1.82, 2.24) is 24.1 Å². The lowest BCUT2D eigenvalue weighted by Crippen LogP contribution is -2.08. The standard InChI is InChI=1S/C76H48F3N5/c77-76(78,79)59-35-42-72(84-70-40-33-57(51-23-11-3-12-24-51)45-65(70)66-46-58(34-41-71(66)84)52-25-13-4-14-26-52)67(47-59)62-48-60(36-37-61(62)75-81-73(53-27-15-5-16-28-53)80-74(82-75)54-29-17-6-18-30-54)83-68-38-31-55(49-19-7-1-8-20-49)43-63(68)64-44-56(32-39-69(64)83)50-21-9-2-10-22-50/h1-48H. The van der Waals surface area contributed by atoms with Crippen LogP contribution in [-0.4, -0.2) is 24.1 Å². The maximum Gasteiger partial charge on any atom is 0.416 e. The van der Waals surface area contributed by atoms with Crippen LogP contribution in [0.25, 0.3) is 145 Å². The molecule has 0 atom stereocenters. The van der Waals surface area contributed by atoms with Gasteiger partial charge < -0.3 is 9.13 Å². The van der Waals surface area contributed by atoms with Gasteiger partial charge in [0.05, 0.1) is 33.3 Å². The Morgan fingerprint density at radius 2 is 0.595 bits per heavy atom. The van der Waals surface area contributed by atoms with Crippen molar-refractivity contribution in [3.63, 3.8) is 0 Å². The molecule has 5 nitrogen and oxygen atoms in total. The summed E-state index contributed by atoms with van der Waals surface area (Å²) in [6, 6.07) is 96.5. The van der Waals surface area contributed by atoms with E-state index in [1.165, 1.54) is 12.1 Å². The lowest BCUT2D eigenvalue weighted by Gasteiger charge is -2.20. The zero-order chi connectivity index (χ0) is 56.3. The summed E-state index contributed by atoms with van der Waals surface area (Å²) in [5.41, 5.74) is 15.3. The molecule has 0 bridgehead atoms. The van der Waals surface area contributed by atoms with Gasteiger partial charge in [-0.1, -0.05) is 206 Å². The molecule has 0 fully saturated rings. The van der Waals surface area contributed by atoms with Gasteiger partial charge in [-0.05, 0) is 135 Å². The summed E-state index contributed by atoms with van der Waals surface area (Å²) in [5.74, 6) is 1.16. The largest absolute Gasteiger partial charge is 0.416 e. The maximum atomic E-state index is 15.7. The molecule has 12 aromatic carbocycles. The van der Waals surface area contributed by atoms with E-state index in [-0.39, 0.29) is 0 Å². The Hall–Kier alpha value is -11.0. The van der Waals surface area contributed by atoms with Gasteiger partial charge in [0.2, 0.25) is 0 Å². The number of hydrogen-bond acceptors (Lipinski definition) is 3. The average molecular weight is 1090 g/mol. The summed E-state index contributed by atoms with van der Waals surface area (Å²) in [6.45, 7) is 0. The fraction of sp³-hybridized carbons (Fsp3) is 0.0132. The lowest BCUT2D eigenvalue weighted by molar-refractivity contribution is -0.137. The molecule has 0 N–H and O–H groups in total. The molecular weight excluding hydrogens is 1040 g/mol. The summed E-state index contributed by atoms with van der Waals surface area (Å²) in [6.07, 6.45) is -4.70. The van der Waals surface area contributed by atoms with Gasteiger partial charge >= 0.3 is 6.18 Å². The van der Waals surface area contributed by atoms with Gasteiger partial charge in [-0.2, -0.15) is 13.2 Å². The van der Waals surface area contributed by atoms with Crippen molar-refractivity contribution < 1.29 is 13.2 Å². The molecule has 0 spiro atoms. The van der Waals surface area contributed by atoms with Crippen LogP contribution in [0.1, 0.15) is 5.56 Å². The normalized spacial score (nSPS) is 11.8. The quantitative estimate of drug-likeness (QED) is 0.137. The van der Waals surface area contributed by atoms with Crippen LogP contribution in [0.4, 0.5) is 13.2 Å². The highest BCUT2D eigenvalue weighted by Crippen LogP contribution is 2.46. The molecule has 0 aliphatic rings. The van der Waals surface area contributed by atoms with Gasteiger partial charge in [-0.25, -0.2) is 15.0 Å². The summed E-state index contributed by atoms with van der Waals surface area (Å²) in [5, 5.41) is 3.97. The summed E-state index contributed by atoms with van der Waals surface area (Å²) in [7, 11) is 0. The van der Waals surface area contributed by atoms with E-state index in [0.29, 0.717) is 39.9 Å². The fourth-order valence-corrected chi connectivity index (χ4v) is 12.0. The second-order valence-corrected chi connectivity index (χ2v) is 21.1. The molecule has 0 amide bonds. The van der Waals surface area contributed by atoms with Crippen LogP contribution in [0.2, 0.25) is 0 Å². The van der Waals surface area contributed by atoms with Crippen molar-refractivity contribution in [1.29, 1.82) is 0 Å². The highest BCUT2D eigenvalue weighted by molar-refractivity contribution is 6.14. The topological polar surface area (TPSA) is 48.5 Å². The maximum absolute atomic E-state index is 15.7. The number of aromatic nitrogens is 5. The van der Waals surface area contributed by atoms with Crippen LogP contribution in [-0.2, 0) is 6.18 Å². The van der Waals surface area contributed by atoms with E-state index in [4.69, 9.17) is 15.0 Å². The second kappa shape index (κ2) is 20.5. The van der Waals surface area contributed by atoms with Crippen LogP contribution < -0.4 is 0 Å². The number of nitrogens with zero attached hydrogens (tertiary/aromatic N) is 5. The fourth-order valence-electron chi connectivity index (χ4n) is 12.0. The number of rotatable bonds is 10. The van der Waals surface area contributed by atoms with Crippen LogP contribution in [0.3, 0.4) is 0 Å². The molecule has 0 saturated carbocycles. The molecule has 0 radical (unpaired) electrons. The van der Waals surface area contributed by atoms with Gasteiger partial charge in [0.25, 0.3) is 0 Å². The Kier molecular flexibility index (Phi) is 12.2. The zero-order valence-corrected chi connectivity index (χ0v) is 45.1. The Balaban J connectivity index is 1.04. The Labute approximate surface area is 482 Å². The van der Waals surface area contributed by atoms with Gasteiger partial charge in [-0.15, -0.1) is 0 Å². The second-order valence-electron chi connectivity index (χ2n) is 21.1. The average Bonchev–Trinajstić information content (AvgIpc) is 2.09. The summed E-state index contributed by atoms with van der Waals surface area (Å²) in [4.78, 5) is 15.5. The first-order chi connectivity index (χ1) is 41.3. The minimum absolute atomic E-state index is 0.303. The van der Waals surface area contributed by atoms with Crippen molar-refractivity contribution in [3.8, 4) is 101 Å². The molecule has 8 heteroatoms. The number of fused-ring (bicyclic) bond motifs is 6. The van der Waals surface area contributed by atoms with Crippen molar-refractivity contribution in [2.45, 2.75) is 6.18 Å². The van der Waals surface area contributed by atoms with E-state index < -0.39 is 11.7 Å². The minimum atomic E-state index is -4.70. The smallest absolute Gasteiger partial charge is 0.309 e. The van der Waals surface area contributed by atoms with Crippen molar-refractivity contribution >= 4 is 43.6 Å². The number of benzene rings is 12. The third-order valence-corrected chi connectivity index (χ3v) is 16.0. The monoisotopic (exact) mass is 1090 g/mol. The Morgan fingerprint density at radius 3 is 0.964 bits per heavy atom. The number of alkyl halides is 3. The molecule has 0 saturated heterocycles. The highest BCUT2D eigenvalue weighted by atomic mass is 19.4. The molecule has 3 heterocycles. The van der Waals surface area contributed by atoms with Crippen LogP contribution >= 0.6 is 0 Å². The van der Waals surface area contributed by atoms with E-state index in [1.54, 1.807) is 6.07 Å². The predicted octanol–water partition coefficient (Wildman–Crippen LogP) is 20.4. The molecule has 398 valence electrons. The highest BCUT2D eigenvalue weighted by Gasteiger charge is 2.33. The van der Waals surface area contributed by atoms with E-state index in [1.807, 2.05) is 152 Å². The molecule has 15 rings (SSSR count). The predicted molar refractivity (Wildman–Crippen MR) is 337 cm³/mol. The van der Waals surface area contributed by atoms with Gasteiger partial charge in [-0.3, -0.25) is 0 Å². The molecule has 84 heavy (non-hydrogen) atoms. The number of hydrogen-bond donors (Lipinski definition) is 0. The Bertz CT molecular complexity index is 4710. The number of halogens is 3. The third kappa shape index (κ3) is 8.98. The van der Waals surface area contributed by atoms with E-state index >= 15 is 13.2 Å².